The van der Waals surface area contributed by atoms with Crippen molar-refractivity contribution < 1.29 is 19.1 Å². The number of imidazole rings is 1. The third kappa shape index (κ3) is 4.77. The highest BCUT2D eigenvalue weighted by Crippen LogP contribution is 2.31. The molecule has 0 bridgehead atoms. The molecule has 0 radical (unpaired) electrons. The highest BCUT2D eigenvalue weighted by atomic mass is 19.1. The molecule has 1 heterocycles. The second-order valence-corrected chi connectivity index (χ2v) is 7.77. The van der Waals surface area contributed by atoms with Gasteiger partial charge in [-0.05, 0) is 49.8 Å². The minimum atomic E-state index is -0.290. The van der Waals surface area contributed by atoms with E-state index in [0.717, 1.165) is 49.0 Å². The van der Waals surface area contributed by atoms with E-state index in [1.54, 1.807) is 30.3 Å². The number of aromatic amines is 1. The van der Waals surface area contributed by atoms with E-state index < -0.39 is 0 Å². The van der Waals surface area contributed by atoms with Crippen LogP contribution in [0.1, 0.15) is 37.1 Å². The van der Waals surface area contributed by atoms with Crippen LogP contribution in [0.4, 0.5) is 4.39 Å². The van der Waals surface area contributed by atoms with Crippen LogP contribution < -0.4 is 16.1 Å². The molecule has 4 rings (SSSR count). The van der Waals surface area contributed by atoms with E-state index in [1.807, 2.05) is 6.07 Å². The predicted molar refractivity (Wildman–Crippen MR) is 109 cm³/mol. The molecule has 1 aliphatic rings. The van der Waals surface area contributed by atoms with Gasteiger partial charge in [0, 0.05) is 30.5 Å². The molecule has 3 aromatic rings. The zero-order valence-electron chi connectivity index (χ0n) is 16.6. The molecule has 1 amide bonds. The van der Waals surface area contributed by atoms with Crippen LogP contribution in [0.3, 0.4) is 0 Å². The van der Waals surface area contributed by atoms with Crippen LogP contribution in [0.15, 0.2) is 42.5 Å². The van der Waals surface area contributed by atoms with Crippen LogP contribution in [0.25, 0.3) is 11.0 Å². The fourth-order valence-electron chi connectivity index (χ4n) is 4.12. The minimum absolute atomic E-state index is 0.00934. The van der Waals surface area contributed by atoms with Crippen molar-refractivity contribution in [1.82, 2.24) is 15.3 Å². The Morgan fingerprint density at radius 2 is 2.00 bits per heavy atom. The average molecular weight is 412 g/mol. The Labute approximate surface area is 173 Å². The molecular formula is C22H25FN4O3. The van der Waals surface area contributed by atoms with Crippen molar-refractivity contribution in [2.45, 2.75) is 38.6 Å². The fourth-order valence-corrected chi connectivity index (χ4v) is 4.12. The van der Waals surface area contributed by atoms with E-state index >= 15 is 0 Å². The SMILES string of the molecule is NOOc1ccc2nc(CC3CCC(C(=O)NCc4ccccc4F)CC3)[nH]c2c1. The Hall–Kier alpha value is -2.97. The summed E-state index contributed by atoms with van der Waals surface area (Å²) >= 11 is 0. The smallest absolute Gasteiger partial charge is 0.223 e. The Morgan fingerprint density at radius 1 is 1.20 bits per heavy atom. The normalized spacial score (nSPS) is 19.0. The standard InChI is InChI=1S/C22H25FN4O3/c23-18-4-2-1-3-16(18)13-25-22(28)15-7-5-14(6-8-15)11-21-26-19-10-9-17(29-30-24)12-20(19)27-21/h1-4,9-10,12,14-15H,5-8,11,13,24H2,(H,25,28)(H,26,27). The molecule has 30 heavy (non-hydrogen) atoms. The summed E-state index contributed by atoms with van der Waals surface area (Å²) < 4.78 is 13.7. The molecule has 4 N–H and O–H groups in total. The van der Waals surface area contributed by atoms with Gasteiger partial charge in [-0.15, -0.1) is 0 Å². The number of hydrogen-bond acceptors (Lipinski definition) is 5. The number of benzene rings is 2. The van der Waals surface area contributed by atoms with E-state index in [2.05, 4.69) is 20.3 Å². The highest BCUT2D eigenvalue weighted by molar-refractivity contribution is 5.78. The molecule has 1 saturated carbocycles. The molecule has 7 nitrogen and oxygen atoms in total. The van der Waals surface area contributed by atoms with Crippen molar-refractivity contribution in [3.05, 3.63) is 59.7 Å². The van der Waals surface area contributed by atoms with Crippen LogP contribution in [0.5, 0.6) is 5.75 Å². The summed E-state index contributed by atoms with van der Waals surface area (Å²) in [7, 11) is 0. The maximum atomic E-state index is 13.7. The third-order valence-electron chi connectivity index (χ3n) is 5.76. The van der Waals surface area contributed by atoms with Gasteiger partial charge in [0.1, 0.15) is 11.6 Å². The second-order valence-electron chi connectivity index (χ2n) is 7.77. The summed E-state index contributed by atoms with van der Waals surface area (Å²) in [5.74, 6) is 6.53. The minimum Gasteiger partial charge on any atom is -0.352 e. The van der Waals surface area contributed by atoms with E-state index in [9.17, 15) is 9.18 Å². The van der Waals surface area contributed by atoms with Gasteiger partial charge >= 0.3 is 0 Å². The van der Waals surface area contributed by atoms with Crippen LogP contribution in [-0.4, -0.2) is 15.9 Å². The Kier molecular flexibility index (Phi) is 6.25. The van der Waals surface area contributed by atoms with Crippen molar-refractivity contribution in [2.24, 2.45) is 17.7 Å². The van der Waals surface area contributed by atoms with Crippen molar-refractivity contribution in [1.29, 1.82) is 0 Å². The molecule has 8 heteroatoms. The van der Waals surface area contributed by atoms with Gasteiger partial charge in [0.2, 0.25) is 5.91 Å². The van der Waals surface area contributed by atoms with Crippen molar-refractivity contribution >= 4 is 16.9 Å². The van der Waals surface area contributed by atoms with E-state index in [-0.39, 0.29) is 24.2 Å². The molecule has 2 aromatic carbocycles. The zero-order chi connectivity index (χ0) is 20.9. The highest BCUT2D eigenvalue weighted by Gasteiger charge is 2.27. The van der Waals surface area contributed by atoms with Crippen molar-refractivity contribution in [3.8, 4) is 5.75 Å². The largest absolute Gasteiger partial charge is 0.352 e. The van der Waals surface area contributed by atoms with Gasteiger partial charge in [-0.25, -0.2) is 9.37 Å². The number of carbonyl (C=O) groups excluding carboxylic acids is 1. The molecule has 0 aliphatic heterocycles. The lowest BCUT2D eigenvalue weighted by molar-refractivity contribution is -0.211. The summed E-state index contributed by atoms with van der Waals surface area (Å²) in [6.45, 7) is 0.227. The number of hydrogen-bond donors (Lipinski definition) is 3. The first kappa shape index (κ1) is 20.3. The number of nitrogens with zero attached hydrogens (tertiary/aromatic N) is 1. The van der Waals surface area contributed by atoms with Gasteiger partial charge in [-0.1, -0.05) is 23.2 Å². The molecule has 0 atom stereocenters. The van der Waals surface area contributed by atoms with Crippen molar-refractivity contribution in [3.63, 3.8) is 0 Å². The lowest BCUT2D eigenvalue weighted by atomic mass is 9.80. The summed E-state index contributed by atoms with van der Waals surface area (Å²) in [5.41, 5.74) is 2.23. The molecule has 0 unspecified atom stereocenters. The molecule has 158 valence electrons. The zero-order valence-corrected chi connectivity index (χ0v) is 16.6. The number of aromatic nitrogens is 2. The molecular weight excluding hydrogens is 387 g/mol. The molecule has 1 fully saturated rings. The number of rotatable bonds is 7. The molecule has 0 spiro atoms. The molecule has 1 aromatic heterocycles. The quantitative estimate of drug-likeness (QED) is 0.407. The fraction of sp³-hybridized carbons (Fsp3) is 0.364. The number of H-pyrrole nitrogens is 1. The van der Waals surface area contributed by atoms with Gasteiger partial charge in [0.25, 0.3) is 0 Å². The van der Waals surface area contributed by atoms with E-state index in [0.29, 0.717) is 17.2 Å². The Morgan fingerprint density at radius 3 is 2.77 bits per heavy atom. The van der Waals surface area contributed by atoms with Crippen LogP contribution in [0.2, 0.25) is 0 Å². The summed E-state index contributed by atoms with van der Waals surface area (Å²) in [4.78, 5) is 29.5. The third-order valence-corrected chi connectivity index (χ3v) is 5.76. The predicted octanol–water partition coefficient (Wildman–Crippen LogP) is 3.55. The van der Waals surface area contributed by atoms with Crippen LogP contribution in [0, 0.1) is 17.7 Å². The Balaban J connectivity index is 1.27. The van der Waals surface area contributed by atoms with Gasteiger partial charge < -0.3 is 15.2 Å². The van der Waals surface area contributed by atoms with E-state index in [1.165, 1.54) is 6.07 Å². The van der Waals surface area contributed by atoms with Crippen LogP contribution >= 0.6 is 0 Å². The van der Waals surface area contributed by atoms with E-state index in [4.69, 9.17) is 10.8 Å². The number of nitrogens with two attached hydrogens (primary N) is 1. The number of nitrogens with one attached hydrogen (secondary N) is 2. The average Bonchev–Trinajstić information content (AvgIpc) is 3.15. The lowest BCUT2D eigenvalue weighted by Crippen LogP contribution is -2.33. The van der Waals surface area contributed by atoms with Gasteiger partial charge in [0.05, 0.1) is 11.0 Å². The maximum absolute atomic E-state index is 13.7. The number of fused-ring (bicyclic) bond motifs is 1. The summed E-state index contributed by atoms with van der Waals surface area (Å²) in [5, 5.41) is 2.88. The second kappa shape index (κ2) is 9.23. The summed E-state index contributed by atoms with van der Waals surface area (Å²) in [6.07, 6.45) is 4.43. The first-order valence-electron chi connectivity index (χ1n) is 10.2. The van der Waals surface area contributed by atoms with Crippen LogP contribution in [-0.2, 0) is 22.7 Å². The Bertz CT molecular complexity index is 1010. The topological polar surface area (TPSA) is 102 Å². The number of halogens is 1. The van der Waals surface area contributed by atoms with Gasteiger partial charge in [0.15, 0.2) is 5.75 Å². The number of amides is 1. The first-order valence-corrected chi connectivity index (χ1v) is 10.2. The molecule has 0 saturated heterocycles. The summed E-state index contributed by atoms with van der Waals surface area (Å²) in [6, 6.07) is 11.9. The van der Waals surface area contributed by atoms with Crippen molar-refractivity contribution in [2.75, 3.05) is 0 Å². The van der Waals surface area contributed by atoms with Gasteiger partial charge in [-0.2, -0.15) is 5.90 Å². The maximum Gasteiger partial charge on any atom is 0.223 e. The molecule has 1 aliphatic carbocycles. The first-order chi connectivity index (χ1) is 14.6. The monoisotopic (exact) mass is 412 g/mol. The number of carbonyl (C=O) groups is 1. The lowest BCUT2D eigenvalue weighted by Gasteiger charge is -2.27. The van der Waals surface area contributed by atoms with Gasteiger partial charge in [-0.3, -0.25) is 4.79 Å².